The number of aryl methyl sites for hydroxylation is 1. The molecular weight excluding hydrogens is 209 g/mol. The zero-order chi connectivity index (χ0) is 11.4. The quantitative estimate of drug-likeness (QED) is 0.726. The lowest BCUT2D eigenvalue weighted by Crippen LogP contribution is -2.04. The van der Waals surface area contributed by atoms with Gasteiger partial charge in [-0.3, -0.25) is 0 Å². The van der Waals surface area contributed by atoms with Gasteiger partial charge in [0.15, 0.2) is 18.4 Å². The van der Waals surface area contributed by atoms with Crippen molar-refractivity contribution in [3.63, 3.8) is 0 Å². The van der Waals surface area contributed by atoms with Crippen LogP contribution in [0.15, 0.2) is 12.1 Å². The third-order valence-corrected chi connectivity index (χ3v) is 1.91. The van der Waals surface area contributed by atoms with E-state index in [0.29, 0.717) is 0 Å². The summed E-state index contributed by atoms with van der Waals surface area (Å²) in [5.41, 5.74) is -0.420. The molecule has 84 valence electrons. The van der Waals surface area contributed by atoms with Gasteiger partial charge in [0.2, 0.25) is 0 Å². The predicted octanol–water partition coefficient (Wildman–Crippen LogP) is 3.05. The van der Waals surface area contributed by atoms with Crippen LogP contribution in [0.2, 0.25) is 0 Å². The van der Waals surface area contributed by atoms with Crippen LogP contribution in [0, 0.1) is 12.7 Å². The van der Waals surface area contributed by atoms with E-state index in [1.807, 2.05) is 0 Å². The summed E-state index contributed by atoms with van der Waals surface area (Å²) in [5.74, 6) is -1.25. The van der Waals surface area contributed by atoms with Crippen LogP contribution in [0.5, 0.6) is 5.75 Å². The van der Waals surface area contributed by atoms with Gasteiger partial charge in [-0.05, 0) is 18.6 Å². The monoisotopic (exact) mass is 220 g/mol. The number of ether oxygens (including phenoxy) is 2. The zero-order valence-corrected chi connectivity index (χ0v) is 8.39. The van der Waals surface area contributed by atoms with Crippen LogP contribution in [-0.4, -0.2) is 13.9 Å². The van der Waals surface area contributed by atoms with E-state index >= 15 is 0 Å². The second kappa shape index (κ2) is 5.02. The van der Waals surface area contributed by atoms with Gasteiger partial charge in [0.25, 0.3) is 6.43 Å². The zero-order valence-electron chi connectivity index (χ0n) is 8.39. The fourth-order valence-corrected chi connectivity index (χ4v) is 1.17. The normalized spacial score (nSPS) is 10.8. The van der Waals surface area contributed by atoms with E-state index in [-0.39, 0.29) is 18.1 Å². The molecule has 0 amide bonds. The molecular formula is C10H11F3O2. The summed E-state index contributed by atoms with van der Waals surface area (Å²) < 4.78 is 47.7. The summed E-state index contributed by atoms with van der Waals surface area (Å²) >= 11 is 0. The topological polar surface area (TPSA) is 18.5 Å². The standard InChI is InChI=1S/C10H11F3O2/c1-6-3-4-7(15-5-14-2)9(11)8(6)10(12)13/h3-4,10H,5H2,1-2H3. The molecule has 0 atom stereocenters. The van der Waals surface area contributed by atoms with Gasteiger partial charge in [-0.15, -0.1) is 0 Å². The first-order valence-electron chi connectivity index (χ1n) is 4.26. The Bertz CT molecular complexity index is 340. The Balaban J connectivity index is 3.05. The number of benzene rings is 1. The highest BCUT2D eigenvalue weighted by molar-refractivity contribution is 5.37. The van der Waals surface area contributed by atoms with Crippen molar-refractivity contribution >= 4 is 0 Å². The van der Waals surface area contributed by atoms with Gasteiger partial charge in [-0.25, -0.2) is 13.2 Å². The molecule has 2 nitrogen and oxygen atoms in total. The van der Waals surface area contributed by atoms with Crippen LogP contribution in [0.4, 0.5) is 13.2 Å². The van der Waals surface area contributed by atoms with Gasteiger partial charge in [0.1, 0.15) is 0 Å². The van der Waals surface area contributed by atoms with E-state index < -0.39 is 17.8 Å². The van der Waals surface area contributed by atoms with Crippen molar-refractivity contribution in [2.75, 3.05) is 13.9 Å². The molecule has 0 spiro atoms. The lowest BCUT2D eigenvalue weighted by atomic mass is 10.1. The number of alkyl halides is 2. The highest BCUT2D eigenvalue weighted by atomic mass is 19.3. The third-order valence-electron chi connectivity index (χ3n) is 1.91. The van der Waals surface area contributed by atoms with Gasteiger partial charge >= 0.3 is 0 Å². The Kier molecular flexibility index (Phi) is 3.96. The highest BCUT2D eigenvalue weighted by Crippen LogP contribution is 2.31. The molecule has 0 bridgehead atoms. The second-order valence-electron chi connectivity index (χ2n) is 2.96. The van der Waals surface area contributed by atoms with Crippen molar-refractivity contribution in [1.29, 1.82) is 0 Å². The lowest BCUT2D eigenvalue weighted by Gasteiger charge is -2.11. The molecule has 0 radical (unpaired) electrons. The number of hydrogen-bond acceptors (Lipinski definition) is 2. The first kappa shape index (κ1) is 11.8. The summed E-state index contributed by atoms with van der Waals surface area (Å²) in [4.78, 5) is 0. The maximum atomic E-state index is 13.4. The minimum Gasteiger partial charge on any atom is -0.464 e. The number of methoxy groups -OCH3 is 1. The smallest absolute Gasteiger partial charge is 0.267 e. The summed E-state index contributed by atoms with van der Waals surface area (Å²) in [6.07, 6.45) is -2.85. The fraction of sp³-hybridized carbons (Fsp3) is 0.400. The molecule has 0 aliphatic rings. The number of rotatable bonds is 4. The Morgan fingerprint density at radius 1 is 1.33 bits per heavy atom. The van der Waals surface area contributed by atoms with E-state index in [9.17, 15) is 13.2 Å². The van der Waals surface area contributed by atoms with Crippen molar-refractivity contribution in [3.05, 3.63) is 29.1 Å². The van der Waals surface area contributed by atoms with E-state index in [4.69, 9.17) is 4.74 Å². The molecule has 1 aromatic carbocycles. The Hall–Kier alpha value is -1.23. The van der Waals surface area contributed by atoms with Crippen LogP contribution in [0.3, 0.4) is 0 Å². The van der Waals surface area contributed by atoms with E-state index in [1.165, 1.54) is 26.2 Å². The molecule has 0 aliphatic carbocycles. The predicted molar refractivity (Wildman–Crippen MR) is 48.6 cm³/mol. The molecule has 5 heteroatoms. The third kappa shape index (κ3) is 2.62. The van der Waals surface area contributed by atoms with Gasteiger partial charge in [0, 0.05) is 7.11 Å². The first-order valence-corrected chi connectivity index (χ1v) is 4.26. The summed E-state index contributed by atoms with van der Waals surface area (Å²) in [6.45, 7) is 1.24. The summed E-state index contributed by atoms with van der Waals surface area (Å²) in [6, 6.07) is 2.69. The molecule has 15 heavy (non-hydrogen) atoms. The lowest BCUT2D eigenvalue weighted by molar-refractivity contribution is 0.0473. The molecule has 0 unspecified atom stereocenters. The second-order valence-corrected chi connectivity index (χ2v) is 2.96. The molecule has 1 rings (SSSR count). The average Bonchev–Trinajstić information content (AvgIpc) is 2.16. The van der Waals surface area contributed by atoms with Crippen LogP contribution < -0.4 is 4.74 Å². The van der Waals surface area contributed by atoms with Crippen LogP contribution in [0.1, 0.15) is 17.6 Å². The Morgan fingerprint density at radius 2 is 2.00 bits per heavy atom. The van der Waals surface area contributed by atoms with Gasteiger partial charge in [-0.2, -0.15) is 0 Å². The molecule has 0 fully saturated rings. The molecule has 0 saturated heterocycles. The van der Waals surface area contributed by atoms with Gasteiger partial charge in [0.05, 0.1) is 5.56 Å². The van der Waals surface area contributed by atoms with Crippen LogP contribution in [-0.2, 0) is 4.74 Å². The Morgan fingerprint density at radius 3 is 2.53 bits per heavy atom. The van der Waals surface area contributed by atoms with Crippen LogP contribution >= 0.6 is 0 Å². The van der Waals surface area contributed by atoms with E-state index in [0.717, 1.165) is 0 Å². The minimum atomic E-state index is -2.85. The summed E-state index contributed by atoms with van der Waals surface area (Å²) in [5, 5.41) is 0. The number of halogens is 3. The van der Waals surface area contributed by atoms with Crippen molar-refractivity contribution in [1.82, 2.24) is 0 Å². The summed E-state index contributed by atoms with van der Waals surface area (Å²) in [7, 11) is 1.36. The maximum absolute atomic E-state index is 13.4. The van der Waals surface area contributed by atoms with Crippen molar-refractivity contribution in [2.45, 2.75) is 13.3 Å². The molecule has 0 aliphatic heterocycles. The molecule has 0 saturated carbocycles. The van der Waals surface area contributed by atoms with Crippen LogP contribution in [0.25, 0.3) is 0 Å². The molecule has 0 aromatic heterocycles. The maximum Gasteiger partial charge on any atom is 0.267 e. The SMILES string of the molecule is COCOc1ccc(C)c(C(F)F)c1F. The largest absolute Gasteiger partial charge is 0.464 e. The Labute approximate surface area is 85.6 Å². The van der Waals surface area contributed by atoms with Crippen molar-refractivity contribution in [2.24, 2.45) is 0 Å². The van der Waals surface area contributed by atoms with Gasteiger partial charge < -0.3 is 9.47 Å². The average molecular weight is 220 g/mol. The van der Waals surface area contributed by atoms with E-state index in [1.54, 1.807) is 0 Å². The first-order chi connectivity index (χ1) is 7.07. The highest BCUT2D eigenvalue weighted by Gasteiger charge is 2.19. The minimum absolute atomic E-state index is 0.178. The number of hydrogen-bond donors (Lipinski definition) is 0. The van der Waals surface area contributed by atoms with Crippen molar-refractivity contribution in [3.8, 4) is 5.75 Å². The molecule has 0 heterocycles. The molecule has 0 N–H and O–H groups in total. The van der Waals surface area contributed by atoms with Gasteiger partial charge in [-0.1, -0.05) is 6.07 Å². The molecule has 1 aromatic rings. The van der Waals surface area contributed by atoms with E-state index in [2.05, 4.69) is 4.74 Å². The van der Waals surface area contributed by atoms with Crippen molar-refractivity contribution < 1.29 is 22.6 Å². The fourth-order valence-electron chi connectivity index (χ4n) is 1.17.